The average Bonchev–Trinajstić information content (AvgIpc) is 2.32. The van der Waals surface area contributed by atoms with Gasteiger partial charge in [0.25, 0.3) is 0 Å². The van der Waals surface area contributed by atoms with Gasteiger partial charge >= 0.3 is 5.96 Å². The predicted molar refractivity (Wildman–Crippen MR) is 47.4 cm³/mol. The van der Waals surface area contributed by atoms with Crippen LogP contribution in [0.25, 0.3) is 0 Å². The zero-order valence-electron chi connectivity index (χ0n) is 7.95. The summed E-state index contributed by atoms with van der Waals surface area (Å²) in [6, 6.07) is 0. The minimum Gasteiger partial charge on any atom is -0.300 e. The highest BCUT2D eigenvalue weighted by Gasteiger charge is 2.31. The van der Waals surface area contributed by atoms with E-state index in [0.29, 0.717) is 6.54 Å². The van der Waals surface area contributed by atoms with Crippen molar-refractivity contribution in [3.63, 3.8) is 0 Å². The highest BCUT2D eigenvalue weighted by molar-refractivity contribution is 5.79. The summed E-state index contributed by atoms with van der Waals surface area (Å²) < 4.78 is 2.04. The van der Waals surface area contributed by atoms with Gasteiger partial charge in [-0.2, -0.15) is 0 Å². The summed E-state index contributed by atoms with van der Waals surface area (Å²) in [5, 5.41) is 0. The van der Waals surface area contributed by atoms with E-state index >= 15 is 0 Å². The van der Waals surface area contributed by atoms with Crippen molar-refractivity contribution in [2.45, 2.75) is 0 Å². The van der Waals surface area contributed by atoms with E-state index in [4.69, 9.17) is 0 Å². The summed E-state index contributed by atoms with van der Waals surface area (Å²) in [6.07, 6.45) is 0.947. The molecular weight excluding hydrogens is 154 g/mol. The molecule has 0 amide bonds. The Morgan fingerprint density at radius 3 is 2.67 bits per heavy atom. The maximum atomic E-state index is 10.3. The van der Waals surface area contributed by atoms with E-state index in [1.54, 1.807) is 0 Å². The van der Waals surface area contributed by atoms with Crippen LogP contribution in [0.3, 0.4) is 0 Å². The molecule has 4 nitrogen and oxygen atoms in total. The van der Waals surface area contributed by atoms with E-state index in [-0.39, 0.29) is 0 Å². The molecule has 1 rings (SSSR count). The lowest BCUT2D eigenvalue weighted by Gasteiger charge is -2.12. The predicted octanol–water partition coefficient (Wildman–Crippen LogP) is -0.939. The van der Waals surface area contributed by atoms with Crippen molar-refractivity contribution >= 4 is 12.2 Å². The van der Waals surface area contributed by atoms with Crippen molar-refractivity contribution < 1.29 is 9.37 Å². The number of carbonyl (C=O) groups excluding carboxylic acids is 1. The third kappa shape index (κ3) is 1.57. The van der Waals surface area contributed by atoms with Crippen molar-refractivity contribution in [2.75, 3.05) is 40.8 Å². The Morgan fingerprint density at radius 2 is 2.17 bits per heavy atom. The molecule has 68 valence electrons. The fraction of sp³-hybridized carbons (Fsp3) is 0.750. The molecule has 0 aromatic rings. The summed E-state index contributed by atoms with van der Waals surface area (Å²) >= 11 is 0. The fourth-order valence-electron chi connectivity index (χ4n) is 1.60. The molecule has 0 aliphatic carbocycles. The summed E-state index contributed by atoms with van der Waals surface area (Å²) in [5.41, 5.74) is 0. The van der Waals surface area contributed by atoms with Crippen molar-refractivity contribution in [2.24, 2.45) is 0 Å². The van der Waals surface area contributed by atoms with Gasteiger partial charge in [0, 0.05) is 0 Å². The van der Waals surface area contributed by atoms with E-state index in [2.05, 4.69) is 9.80 Å². The van der Waals surface area contributed by atoms with Crippen molar-refractivity contribution in [1.82, 2.24) is 9.80 Å². The maximum Gasteiger partial charge on any atom is 0.350 e. The number of guanidine groups is 1. The quantitative estimate of drug-likeness (QED) is 0.395. The molecule has 1 aliphatic rings. The van der Waals surface area contributed by atoms with Gasteiger partial charge in [-0.25, -0.2) is 0 Å². The van der Waals surface area contributed by atoms with Gasteiger partial charge in [-0.1, -0.05) is 0 Å². The largest absolute Gasteiger partial charge is 0.350 e. The molecular formula is C8H16N3O+. The molecule has 0 aromatic heterocycles. The Hall–Kier alpha value is -1.06. The van der Waals surface area contributed by atoms with Crippen LogP contribution in [0.15, 0.2) is 0 Å². The second kappa shape index (κ2) is 3.56. The molecule has 1 heterocycles. The van der Waals surface area contributed by atoms with E-state index < -0.39 is 0 Å². The number of aldehydes is 1. The lowest BCUT2D eigenvalue weighted by Crippen LogP contribution is -2.38. The normalized spacial score (nSPS) is 17.1. The number of carbonyl (C=O) groups is 1. The van der Waals surface area contributed by atoms with Crippen LogP contribution in [0.1, 0.15) is 0 Å². The molecule has 0 unspecified atom stereocenters. The molecule has 0 radical (unpaired) electrons. The lowest BCUT2D eigenvalue weighted by atomic mass is 10.5. The molecule has 0 atom stereocenters. The van der Waals surface area contributed by atoms with Crippen molar-refractivity contribution in [3.05, 3.63) is 0 Å². The minimum atomic E-state index is 0.498. The molecule has 4 heteroatoms. The Balaban J connectivity index is 2.78. The third-order valence-corrected chi connectivity index (χ3v) is 2.02. The summed E-state index contributed by atoms with van der Waals surface area (Å²) in [5.74, 6) is 1.13. The summed E-state index contributed by atoms with van der Waals surface area (Å²) in [6.45, 7) is 2.45. The average molecular weight is 170 g/mol. The first-order valence-electron chi connectivity index (χ1n) is 4.11. The third-order valence-electron chi connectivity index (χ3n) is 2.02. The van der Waals surface area contributed by atoms with Gasteiger partial charge < -0.3 is 0 Å². The lowest BCUT2D eigenvalue weighted by molar-refractivity contribution is -0.474. The molecule has 1 saturated heterocycles. The van der Waals surface area contributed by atoms with Gasteiger partial charge in [-0.3, -0.25) is 19.2 Å². The Labute approximate surface area is 73.1 Å². The van der Waals surface area contributed by atoms with Crippen molar-refractivity contribution in [3.8, 4) is 0 Å². The fourth-order valence-corrected chi connectivity index (χ4v) is 1.60. The molecule has 1 fully saturated rings. The van der Waals surface area contributed by atoms with Gasteiger partial charge in [-0.15, -0.1) is 0 Å². The highest BCUT2D eigenvalue weighted by Crippen LogP contribution is 2.03. The topological polar surface area (TPSA) is 26.6 Å². The number of hydrogen-bond acceptors (Lipinski definition) is 1. The molecule has 0 N–H and O–H groups in total. The zero-order valence-corrected chi connectivity index (χ0v) is 7.95. The smallest absolute Gasteiger partial charge is 0.300 e. The Morgan fingerprint density at radius 1 is 1.50 bits per heavy atom. The molecule has 1 aliphatic heterocycles. The van der Waals surface area contributed by atoms with Crippen LogP contribution in [-0.4, -0.2) is 67.4 Å². The standard InChI is InChI=1S/C8H16N3O/c1-9(2)8-10(3)4-5-11(8)6-7-12/h7H,4-6H2,1-3H3/q+1. The van der Waals surface area contributed by atoms with Crippen LogP contribution in [0.4, 0.5) is 0 Å². The first kappa shape index (κ1) is 9.03. The van der Waals surface area contributed by atoms with Crippen LogP contribution < -0.4 is 0 Å². The van der Waals surface area contributed by atoms with Gasteiger partial charge in [0.05, 0.1) is 34.2 Å². The van der Waals surface area contributed by atoms with E-state index in [9.17, 15) is 4.79 Å². The number of hydrogen-bond donors (Lipinski definition) is 0. The Bertz CT molecular complexity index is 208. The van der Waals surface area contributed by atoms with Gasteiger partial charge in [-0.05, 0) is 0 Å². The molecule has 12 heavy (non-hydrogen) atoms. The van der Waals surface area contributed by atoms with E-state index in [1.807, 2.05) is 25.7 Å². The number of rotatable bonds is 2. The summed E-state index contributed by atoms with van der Waals surface area (Å²) in [4.78, 5) is 14.6. The number of likely N-dealkylation sites (N-methyl/N-ethyl adjacent to an activating group) is 1. The first-order valence-corrected chi connectivity index (χ1v) is 4.11. The van der Waals surface area contributed by atoms with Crippen LogP contribution in [0, 0.1) is 0 Å². The van der Waals surface area contributed by atoms with Crippen LogP contribution in [-0.2, 0) is 4.79 Å². The molecule has 0 bridgehead atoms. The van der Waals surface area contributed by atoms with Crippen LogP contribution in [0.2, 0.25) is 0 Å². The maximum absolute atomic E-state index is 10.3. The summed E-state index contributed by atoms with van der Waals surface area (Å²) in [7, 11) is 6.03. The number of nitrogens with zero attached hydrogens (tertiary/aromatic N) is 3. The van der Waals surface area contributed by atoms with E-state index in [0.717, 1.165) is 25.3 Å². The van der Waals surface area contributed by atoms with Crippen molar-refractivity contribution in [1.29, 1.82) is 0 Å². The molecule has 0 spiro atoms. The second-order valence-electron chi connectivity index (χ2n) is 3.23. The van der Waals surface area contributed by atoms with Gasteiger partial charge in [0.1, 0.15) is 6.54 Å². The molecule has 0 aromatic carbocycles. The van der Waals surface area contributed by atoms with E-state index in [1.165, 1.54) is 0 Å². The first-order chi connectivity index (χ1) is 5.66. The second-order valence-corrected chi connectivity index (χ2v) is 3.23. The SMILES string of the molecule is CN1CCN(CC=O)C1=[N+](C)C. The van der Waals surface area contributed by atoms with Crippen LogP contribution in [0.5, 0.6) is 0 Å². The van der Waals surface area contributed by atoms with Gasteiger partial charge in [0.15, 0.2) is 6.29 Å². The Kier molecular flexibility index (Phi) is 2.68. The minimum absolute atomic E-state index is 0.498. The highest BCUT2D eigenvalue weighted by atomic mass is 16.1. The molecule has 0 saturated carbocycles. The van der Waals surface area contributed by atoms with Gasteiger partial charge in [0.2, 0.25) is 0 Å². The van der Waals surface area contributed by atoms with Crippen LogP contribution >= 0.6 is 0 Å². The zero-order chi connectivity index (χ0) is 9.14. The monoisotopic (exact) mass is 170 g/mol.